The zero-order valence-electron chi connectivity index (χ0n) is 15.4. The monoisotopic (exact) mass is 336 g/mol. The van der Waals surface area contributed by atoms with Crippen molar-refractivity contribution in [1.82, 2.24) is 0 Å². The molecule has 0 fully saturated rings. The largest absolute Gasteiger partial charge is 0.504 e. The zero-order chi connectivity index (χ0) is 17.8. The van der Waals surface area contributed by atoms with Gasteiger partial charge in [-0.25, -0.2) is 0 Å². The van der Waals surface area contributed by atoms with E-state index in [1.165, 1.54) is 26.4 Å². The molecular weight excluding hydrogens is 304 g/mol. The summed E-state index contributed by atoms with van der Waals surface area (Å²) in [7, 11) is 3.10. The molecule has 0 aliphatic rings. The van der Waals surface area contributed by atoms with E-state index in [4.69, 9.17) is 9.47 Å². The Morgan fingerprint density at radius 2 is 1.58 bits per heavy atom. The van der Waals surface area contributed by atoms with Crippen LogP contribution in [0.15, 0.2) is 12.1 Å². The predicted molar refractivity (Wildman–Crippen MR) is 97.1 cm³/mol. The predicted octanol–water partition coefficient (Wildman–Crippen LogP) is 5.05. The lowest BCUT2D eigenvalue weighted by Crippen LogP contribution is -1.95. The Labute approximate surface area is 146 Å². The van der Waals surface area contributed by atoms with Gasteiger partial charge >= 0.3 is 0 Å². The first-order chi connectivity index (χ1) is 11.6. The van der Waals surface area contributed by atoms with E-state index in [0.717, 1.165) is 44.1 Å². The lowest BCUT2D eigenvalue weighted by molar-refractivity contribution is -0.118. The molecule has 1 aromatic carbocycles. The molecule has 4 heteroatoms. The maximum Gasteiger partial charge on any atom is 0.203 e. The molecule has 0 saturated carbocycles. The highest BCUT2D eigenvalue weighted by Crippen LogP contribution is 2.39. The number of Topliss-reactive ketones (excluding diaryl/α,β-unsaturated/α-hetero) is 1. The van der Waals surface area contributed by atoms with E-state index < -0.39 is 0 Å². The van der Waals surface area contributed by atoms with E-state index in [9.17, 15) is 9.90 Å². The molecule has 0 amide bonds. The number of ketones is 1. The molecule has 0 aromatic heterocycles. The fraction of sp³-hybridized carbons (Fsp3) is 0.650. The smallest absolute Gasteiger partial charge is 0.203 e. The van der Waals surface area contributed by atoms with Crippen LogP contribution < -0.4 is 9.47 Å². The van der Waals surface area contributed by atoms with Crippen molar-refractivity contribution in [2.75, 3.05) is 14.2 Å². The molecule has 136 valence electrons. The number of methoxy groups -OCH3 is 2. The molecule has 1 aromatic rings. The molecule has 0 bridgehead atoms. The van der Waals surface area contributed by atoms with Gasteiger partial charge in [-0.3, -0.25) is 4.79 Å². The van der Waals surface area contributed by atoms with Crippen LogP contribution in [-0.4, -0.2) is 25.1 Å². The van der Waals surface area contributed by atoms with Gasteiger partial charge in [-0.15, -0.1) is 0 Å². The number of aryl methyl sites for hydroxylation is 1. The van der Waals surface area contributed by atoms with Gasteiger partial charge in [0.05, 0.1) is 14.2 Å². The number of carbonyl (C=O) groups excluding carboxylic acids is 1. The summed E-state index contributed by atoms with van der Waals surface area (Å²) < 4.78 is 10.4. The first kappa shape index (κ1) is 20.3. The lowest BCUT2D eigenvalue weighted by Gasteiger charge is -2.12. The Bertz CT molecular complexity index is 497. The van der Waals surface area contributed by atoms with Gasteiger partial charge in [-0.2, -0.15) is 0 Å². The quantitative estimate of drug-likeness (QED) is 0.512. The molecule has 0 unspecified atom stereocenters. The molecule has 0 radical (unpaired) electrons. The standard InChI is InChI=1S/C20H32O4/c1-4-17(21)13-11-9-7-5-6-8-10-12-16-14-15-18(23-2)20(24-3)19(16)22/h14-15,22H,4-13H2,1-3H3. The highest BCUT2D eigenvalue weighted by atomic mass is 16.5. The summed E-state index contributed by atoms with van der Waals surface area (Å²) >= 11 is 0. The van der Waals surface area contributed by atoms with E-state index in [1.807, 2.05) is 19.1 Å². The zero-order valence-corrected chi connectivity index (χ0v) is 15.4. The number of aromatic hydroxyl groups is 1. The van der Waals surface area contributed by atoms with Gasteiger partial charge in [-0.05, 0) is 30.9 Å². The van der Waals surface area contributed by atoms with Crippen LogP contribution in [0.25, 0.3) is 0 Å². The minimum atomic E-state index is 0.192. The van der Waals surface area contributed by atoms with E-state index in [2.05, 4.69) is 0 Å². The molecule has 1 N–H and O–H groups in total. The van der Waals surface area contributed by atoms with Gasteiger partial charge in [0, 0.05) is 12.8 Å². The van der Waals surface area contributed by atoms with Gasteiger partial charge in [0.15, 0.2) is 11.5 Å². The van der Waals surface area contributed by atoms with Crippen molar-refractivity contribution in [2.45, 2.75) is 71.1 Å². The van der Waals surface area contributed by atoms with Crippen LogP contribution in [-0.2, 0) is 11.2 Å². The van der Waals surface area contributed by atoms with E-state index in [-0.39, 0.29) is 5.75 Å². The molecule has 0 atom stereocenters. The Balaban J connectivity index is 2.19. The molecule has 24 heavy (non-hydrogen) atoms. The Kier molecular flexibility index (Phi) is 9.97. The normalized spacial score (nSPS) is 10.6. The van der Waals surface area contributed by atoms with Crippen LogP contribution in [0.1, 0.15) is 70.3 Å². The topological polar surface area (TPSA) is 55.8 Å². The maximum absolute atomic E-state index is 11.2. The number of phenolic OH excluding ortho intramolecular Hbond substituents is 1. The number of unbranched alkanes of at least 4 members (excludes halogenated alkanes) is 6. The summed E-state index contributed by atoms with van der Waals surface area (Å²) in [6.45, 7) is 1.93. The van der Waals surface area contributed by atoms with E-state index in [0.29, 0.717) is 23.7 Å². The molecule has 0 heterocycles. The number of carbonyl (C=O) groups is 1. The molecule has 0 spiro atoms. The summed E-state index contributed by atoms with van der Waals surface area (Å²) in [5, 5.41) is 10.2. The van der Waals surface area contributed by atoms with Crippen molar-refractivity contribution >= 4 is 5.78 Å². The molecule has 0 saturated heterocycles. The second-order valence-corrected chi connectivity index (χ2v) is 6.18. The Morgan fingerprint density at radius 3 is 2.17 bits per heavy atom. The van der Waals surface area contributed by atoms with E-state index >= 15 is 0 Å². The number of hydrogen-bond donors (Lipinski definition) is 1. The molecule has 0 aliphatic carbocycles. The fourth-order valence-corrected chi connectivity index (χ4v) is 2.85. The van der Waals surface area contributed by atoms with Crippen LogP contribution in [0.5, 0.6) is 17.2 Å². The highest BCUT2D eigenvalue weighted by Gasteiger charge is 2.13. The average molecular weight is 336 g/mol. The number of rotatable bonds is 13. The SMILES string of the molecule is CCC(=O)CCCCCCCCCc1ccc(OC)c(OC)c1O. The Morgan fingerprint density at radius 1 is 0.958 bits per heavy atom. The number of benzene rings is 1. The van der Waals surface area contributed by atoms with Crippen molar-refractivity contribution in [3.8, 4) is 17.2 Å². The van der Waals surface area contributed by atoms with Crippen LogP contribution in [0, 0.1) is 0 Å². The second kappa shape index (κ2) is 11.8. The van der Waals surface area contributed by atoms with Crippen LogP contribution in [0.3, 0.4) is 0 Å². The summed E-state index contributed by atoms with van der Waals surface area (Å²) in [5.41, 5.74) is 0.908. The van der Waals surface area contributed by atoms with Crippen LogP contribution in [0.4, 0.5) is 0 Å². The second-order valence-electron chi connectivity index (χ2n) is 6.18. The van der Waals surface area contributed by atoms with Gasteiger partial charge in [0.25, 0.3) is 0 Å². The first-order valence-electron chi connectivity index (χ1n) is 9.08. The van der Waals surface area contributed by atoms with Crippen LogP contribution >= 0.6 is 0 Å². The minimum Gasteiger partial charge on any atom is -0.504 e. The summed E-state index contributed by atoms with van der Waals surface area (Å²) in [6, 6.07) is 3.74. The highest BCUT2D eigenvalue weighted by molar-refractivity contribution is 5.77. The summed E-state index contributed by atoms with van der Waals surface area (Å²) in [4.78, 5) is 11.2. The summed E-state index contributed by atoms with van der Waals surface area (Å²) in [5.74, 6) is 1.54. The maximum atomic E-state index is 11.2. The molecule has 0 aliphatic heterocycles. The third-order valence-corrected chi connectivity index (χ3v) is 4.40. The van der Waals surface area contributed by atoms with Crippen molar-refractivity contribution in [1.29, 1.82) is 0 Å². The molecule has 4 nitrogen and oxygen atoms in total. The van der Waals surface area contributed by atoms with Crippen molar-refractivity contribution in [2.24, 2.45) is 0 Å². The third kappa shape index (κ3) is 6.81. The molecular formula is C20H32O4. The minimum absolute atomic E-state index is 0.192. The third-order valence-electron chi connectivity index (χ3n) is 4.40. The van der Waals surface area contributed by atoms with Gasteiger partial charge in [0.1, 0.15) is 5.78 Å². The number of phenols is 1. The van der Waals surface area contributed by atoms with Gasteiger partial charge < -0.3 is 14.6 Å². The van der Waals surface area contributed by atoms with Crippen molar-refractivity contribution in [3.63, 3.8) is 0 Å². The first-order valence-corrected chi connectivity index (χ1v) is 9.08. The Hall–Kier alpha value is -1.71. The van der Waals surface area contributed by atoms with Crippen molar-refractivity contribution < 1.29 is 19.4 Å². The van der Waals surface area contributed by atoms with Crippen LogP contribution in [0.2, 0.25) is 0 Å². The van der Waals surface area contributed by atoms with Gasteiger partial charge in [0.2, 0.25) is 5.75 Å². The number of ether oxygens (including phenoxy) is 2. The molecule has 1 rings (SSSR count). The van der Waals surface area contributed by atoms with Gasteiger partial charge in [-0.1, -0.05) is 45.1 Å². The number of hydrogen-bond acceptors (Lipinski definition) is 4. The van der Waals surface area contributed by atoms with Crippen molar-refractivity contribution in [3.05, 3.63) is 17.7 Å². The fourth-order valence-electron chi connectivity index (χ4n) is 2.85. The van der Waals surface area contributed by atoms with E-state index in [1.54, 1.807) is 7.11 Å². The average Bonchev–Trinajstić information content (AvgIpc) is 2.60. The summed E-state index contributed by atoms with van der Waals surface area (Å²) in [6.07, 6.45) is 10.3. The lowest BCUT2D eigenvalue weighted by atomic mass is 10.0.